The van der Waals surface area contributed by atoms with Crippen LogP contribution in [0.2, 0.25) is 5.02 Å². The van der Waals surface area contributed by atoms with Crippen molar-refractivity contribution >= 4 is 46.4 Å². The fraction of sp³-hybridized carbons (Fsp3) is 0.100. The van der Waals surface area contributed by atoms with E-state index in [1.54, 1.807) is 25.1 Å². The molecule has 0 spiro atoms. The summed E-state index contributed by atoms with van der Waals surface area (Å²) < 4.78 is 0. The molecule has 82 valence electrons. The molecule has 1 N–H and O–H groups in total. The molecule has 0 saturated carbocycles. The van der Waals surface area contributed by atoms with Gasteiger partial charge in [-0.3, -0.25) is 14.9 Å². The van der Waals surface area contributed by atoms with Crippen LogP contribution in [0.25, 0.3) is 0 Å². The number of halogens is 1. The van der Waals surface area contributed by atoms with Crippen molar-refractivity contribution in [3.63, 3.8) is 0 Å². The molecule has 1 heterocycles. The predicted molar refractivity (Wildman–Crippen MR) is 64.4 cm³/mol. The Bertz CT molecular complexity index is 516. The Kier molecular flexibility index (Phi) is 2.65. The summed E-state index contributed by atoms with van der Waals surface area (Å²) in [6.45, 7) is 1.76. The molecule has 1 aromatic carbocycles. The molecule has 1 fully saturated rings. The molecular weight excluding hydrogens is 248 g/mol. The molecule has 0 atom stereocenters. The van der Waals surface area contributed by atoms with Gasteiger partial charge in [-0.15, -0.1) is 0 Å². The van der Waals surface area contributed by atoms with Crippen LogP contribution in [0.5, 0.6) is 0 Å². The average molecular weight is 255 g/mol. The van der Waals surface area contributed by atoms with E-state index < -0.39 is 11.8 Å². The average Bonchev–Trinajstić information content (AvgIpc) is 2.47. The lowest BCUT2D eigenvalue weighted by molar-refractivity contribution is -0.134. The minimum Gasteiger partial charge on any atom is -0.294 e. The summed E-state index contributed by atoms with van der Waals surface area (Å²) in [6.07, 6.45) is 0. The van der Waals surface area contributed by atoms with E-state index in [-0.39, 0.29) is 5.11 Å². The molecule has 1 aromatic rings. The topological polar surface area (TPSA) is 49.4 Å². The van der Waals surface area contributed by atoms with Gasteiger partial charge in [-0.05, 0) is 36.8 Å². The number of rotatable bonds is 1. The third-order valence-electron chi connectivity index (χ3n) is 2.30. The fourth-order valence-electron chi connectivity index (χ4n) is 1.46. The van der Waals surface area contributed by atoms with Crippen LogP contribution in [0.3, 0.4) is 0 Å². The summed E-state index contributed by atoms with van der Waals surface area (Å²) in [4.78, 5) is 23.9. The molecule has 0 aromatic heterocycles. The highest BCUT2D eigenvalue weighted by Gasteiger charge is 2.35. The first-order valence-electron chi connectivity index (χ1n) is 4.47. The van der Waals surface area contributed by atoms with Gasteiger partial charge in [0, 0.05) is 5.02 Å². The normalized spacial score (nSPS) is 15.6. The molecule has 4 nitrogen and oxygen atoms in total. The first-order chi connectivity index (χ1) is 7.52. The molecule has 2 amide bonds. The van der Waals surface area contributed by atoms with Crippen LogP contribution in [0.4, 0.5) is 5.69 Å². The minimum atomic E-state index is -0.718. The van der Waals surface area contributed by atoms with Crippen molar-refractivity contribution in [2.45, 2.75) is 6.92 Å². The van der Waals surface area contributed by atoms with Gasteiger partial charge in [0.15, 0.2) is 5.11 Å². The van der Waals surface area contributed by atoms with Crippen LogP contribution < -0.4 is 10.2 Å². The van der Waals surface area contributed by atoms with E-state index >= 15 is 0 Å². The predicted octanol–water partition coefficient (Wildman–Crippen LogP) is 1.40. The van der Waals surface area contributed by atoms with Gasteiger partial charge in [-0.2, -0.15) is 0 Å². The van der Waals surface area contributed by atoms with Crippen molar-refractivity contribution in [2.24, 2.45) is 0 Å². The van der Waals surface area contributed by atoms with E-state index in [1.165, 1.54) is 0 Å². The van der Waals surface area contributed by atoms with Crippen LogP contribution in [0.1, 0.15) is 5.56 Å². The molecular formula is C10H7ClN2O2S. The molecule has 0 unspecified atom stereocenters. The van der Waals surface area contributed by atoms with Gasteiger partial charge in [0.05, 0.1) is 5.69 Å². The molecule has 0 radical (unpaired) electrons. The Balaban J connectivity index is 2.53. The Labute approximate surface area is 102 Å². The lowest BCUT2D eigenvalue weighted by Crippen LogP contribution is -2.31. The number of nitrogens with zero attached hydrogens (tertiary/aromatic N) is 1. The van der Waals surface area contributed by atoms with E-state index in [9.17, 15) is 9.59 Å². The summed E-state index contributed by atoms with van der Waals surface area (Å²) in [5.41, 5.74) is 1.23. The Morgan fingerprint density at radius 1 is 1.38 bits per heavy atom. The zero-order valence-electron chi connectivity index (χ0n) is 8.28. The lowest BCUT2D eigenvalue weighted by Gasteiger charge is -2.16. The molecule has 0 aliphatic carbocycles. The number of thiocarbonyl (C=S) groups is 1. The van der Waals surface area contributed by atoms with E-state index in [2.05, 4.69) is 5.32 Å². The maximum atomic E-state index is 11.6. The van der Waals surface area contributed by atoms with Crippen LogP contribution in [0.15, 0.2) is 18.2 Å². The summed E-state index contributed by atoms with van der Waals surface area (Å²) in [5, 5.41) is 2.89. The van der Waals surface area contributed by atoms with Crippen molar-refractivity contribution in [3.8, 4) is 0 Å². The molecule has 2 rings (SSSR count). The largest absolute Gasteiger partial charge is 0.323 e. The second kappa shape index (κ2) is 3.84. The van der Waals surface area contributed by atoms with Crippen molar-refractivity contribution in [2.75, 3.05) is 4.90 Å². The number of benzene rings is 1. The number of amides is 2. The summed E-state index contributed by atoms with van der Waals surface area (Å²) >= 11 is 10.8. The Morgan fingerprint density at radius 2 is 2.06 bits per heavy atom. The maximum absolute atomic E-state index is 11.6. The molecule has 1 saturated heterocycles. The van der Waals surface area contributed by atoms with Crippen LogP contribution in [-0.2, 0) is 9.59 Å². The minimum absolute atomic E-state index is 0.0837. The van der Waals surface area contributed by atoms with E-state index in [1.807, 2.05) is 0 Å². The zero-order chi connectivity index (χ0) is 11.9. The Morgan fingerprint density at radius 3 is 2.62 bits per heavy atom. The number of hydrogen-bond acceptors (Lipinski definition) is 3. The number of carbonyl (C=O) groups excluding carboxylic acids is 2. The molecule has 1 aliphatic heterocycles. The van der Waals surface area contributed by atoms with E-state index in [4.69, 9.17) is 23.8 Å². The highest BCUT2D eigenvalue weighted by atomic mass is 35.5. The third kappa shape index (κ3) is 1.58. The maximum Gasteiger partial charge on any atom is 0.323 e. The monoisotopic (exact) mass is 254 g/mol. The molecule has 6 heteroatoms. The number of carbonyl (C=O) groups is 2. The van der Waals surface area contributed by atoms with Gasteiger partial charge < -0.3 is 0 Å². The number of anilines is 1. The van der Waals surface area contributed by atoms with Crippen LogP contribution in [-0.4, -0.2) is 16.9 Å². The summed E-state index contributed by atoms with van der Waals surface area (Å²) in [6, 6.07) is 5.09. The van der Waals surface area contributed by atoms with Gasteiger partial charge in [-0.1, -0.05) is 17.7 Å². The Hall–Kier alpha value is -1.46. The van der Waals surface area contributed by atoms with Crippen LogP contribution >= 0.6 is 23.8 Å². The first kappa shape index (κ1) is 11.0. The lowest BCUT2D eigenvalue weighted by atomic mass is 10.2. The van der Waals surface area contributed by atoms with Crippen molar-refractivity contribution < 1.29 is 9.59 Å². The molecule has 16 heavy (non-hydrogen) atoms. The second-order valence-corrected chi connectivity index (χ2v) is 4.08. The molecule has 0 bridgehead atoms. The van der Waals surface area contributed by atoms with Gasteiger partial charge in [0.25, 0.3) is 0 Å². The second-order valence-electron chi connectivity index (χ2n) is 3.28. The SMILES string of the molecule is Cc1c(Cl)cccc1N1C(=O)C(=O)NC1=S. The highest BCUT2D eigenvalue weighted by Crippen LogP contribution is 2.27. The fourth-order valence-corrected chi connectivity index (χ4v) is 1.90. The zero-order valence-corrected chi connectivity index (χ0v) is 9.85. The standard InChI is InChI=1S/C10H7ClN2O2S/c1-5-6(11)3-2-4-7(5)13-9(15)8(14)12-10(13)16/h2-4H,1H3,(H,12,14,16). The van der Waals surface area contributed by atoms with Crippen molar-refractivity contribution in [1.82, 2.24) is 5.32 Å². The number of nitrogens with one attached hydrogen (secondary N) is 1. The summed E-state index contributed by atoms with van der Waals surface area (Å²) in [7, 11) is 0. The van der Waals surface area contributed by atoms with Crippen molar-refractivity contribution in [1.29, 1.82) is 0 Å². The van der Waals surface area contributed by atoms with Crippen molar-refractivity contribution in [3.05, 3.63) is 28.8 Å². The quantitative estimate of drug-likeness (QED) is 0.609. The van der Waals surface area contributed by atoms with Gasteiger partial charge >= 0.3 is 11.8 Å². The van der Waals surface area contributed by atoms with E-state index in [0.29, 0.717) is 16.3 Å². The third-order valence-corrected chi connectivity index (χ3v) is 2.99. The number of hydrogen-bond donors (Lipinski definition) is 1. The van der Waals surface area contributed by atoms with Crippen LogP contribution in [0, 0.1) is 6.92 Å². The molecule has 1 aliphatic rings. The van der Waals surface area contributed by atoms with Gasteiger partial charge in [-0.25, -0.2) is 4.90 Å². The van der Waals surface area contributed by atoms with Gasteiger partial charge in [0.1, 0.15) is 0 Å². The highest BCUT2D eigenvalue weighted by molar-refractivity contribution is 7.80. The summed E-state index contributed by atoms with van der Waals surface area (Å²) in [5.74, 6) is -1.40. The van der Waals surface area contributed by atoms with E-state index in [0.717, 1.165) is 4.90 Å². The first-order valence-corrected chi connectivity index (χ1v) is 5.25. The smallest absolute Gasteiger partial charge is 0.294 e. The van der Waals surface area contributed by atoms with Gasteiger partial charge in [0.2, 0.25) is 0 Å².